The second-order valence-corrected chi connectivity index (χ2v) is 8.37. The standard InChI is InChI=1S/C21H30N6O/c1-16(2)13-25-9-8-17(14-25)12-22-21(28)26-10-11-27-19(15-26)23-24-20(27)18-6-4-3-5-7-18/h3-7,16-17H,8-15H2,1-2H3,(H,22,28). The Kier molecular flexibility index (Phi) is 5.62. The highest BCUT2D eigenvalue weighted by Crippen LogP contribution is 2.22. The molecule has 0 spiro atoms. The average molecular weight is 383 g/mol. The van der Waals surface area contributed by atoms with Crippen LogP contribution in [0.4, 0.5) is 4.79 Å². The molecule has 4 rings (SSSR count). The molecular weight excluding hydrogens is 352 g/mol. The first kappa shape index (κ1) is 18.9. The predicted molar refractivity (Wildman–Crippen MR) is 109 cm³/mol. The minimum atomic E-state index is 0.0119. The smallest absolute Gasteiger partial charge is 0.317 e. The lowest BCUT2D eigenvalue weighted by atomic mass is 10.1. The SMILES string of the molecule is CC(C)CN1CCC(CNC(=O)N2CCn3c(nnc3-c3ccccc3)C2)C1. The van der Waals surface area contributed by atoms with Crippen LogP contribution in [0.15, 0.2) is 30.3 Å². The Hall–Kier alpha value is -2.41. The minimum absolute atomic E-state index is 0.0119. The van der Waals surface area contributed by atoms with Crippen molar-refractivity contribution in [2.75, 3.05) is 32.7 Å². The van der Waals surface area contributed by atoms with Gasteiger partial charge < -0.3 is 19.7 Å². The number of amides is 2. The quantitative estimate of drug-likeness (QED) is 0.863. The van der Waals surface area contributed by atoms with Crippen molar-refractivity contribution in [3.8, 4) is 11.4 Å². The highest BCUT2D eigenvalue weighted by molar-refractivity contribution is 5.74. The van der Waals surface area contributed by atoms with Gasteiger partial charge in [0.15, 0.2) is 11.6 Å². The van der Waals surface area contributed by atoms with Crippen LogP contribution in [0.25, 0.3) is 11.4 Å². The Morgan fingerprint density at radius 2 is 2.00 bits per heavy atom. The van der Waals surface area contributed by atoms with Crippen LogP contribution in [-0.2, 0) is 13.1 Å². The number of benzene rings is 1. The highest BCUT2D eigenvalue weighted by atomic mass is 16.2. The summed E-state index contributed by atoms with van der Waals surface area (Å²) in [5.74, 6) is 2.98. The van der Waals surface area contributed by atoms with Gasteiger partial charge in [-0.3, -0.25) is 0 Å². The number of hydrogen-bond acceptors (Lipinski definition) is 4. The average Bonchev–Trinajstić information content (AvgIpc) is 3.32. The van der Waals surface area contributed by atoms with E-state index in [1.54, 1.807) is 0 Å². The molecule has 7 nitrogen and oxygen atoms in total. The van der Waals surface area contributed by atoms with Gasteiger partial charge in [-0.25, -0.2) is 4.79 Å². The molecule has 1 saturated heterocycles. The lowest BCUT2D eigenvalue weighted by Crippen LogP contribution is -2.45. The topological polar surface area (TPSA) is 66.3 Å². The molecule has 1 fully saturated rings. The molecule has 2 aliphatic rings. The molecule has 1 aromatic carbocycles. The van der Waals surface area contributed by atoms with Crippen LogP contribution < -0.4 is 5.32 Å². The Bertz CT molecular complexity index is 802. The zero-order valence-corrected chi connectivity index (χ0v) is 16.8. The minimum Gasteiger partial charge on any atom is -0.338 e. The number of fused-ring (bicyclic) bond motifs is 1. The van der Waals surface area contributed by atoms with Crippen molar-refractivity contribution in [2.45, 2.75) is 33.4 Å². The Labute approximate surface area is 166 Å². The molecule has 0 saturated carbocycles. The van der Waals surface area contributed by atoms with Crippen LogP contribution in [0.1, 0.15) is 26.1 Å². The van der Waals surface area contributed by atoms with Crippen LogP contribution in [0.2, 0.25) is 0 Å². The summed E-state index contributed by atoms with van der Waals surface area (Å²) in [7, 11) is 0. The van der Waals surface area contributed by atoms with Gasteiger partial charge in [-0.05, 0) is 24.8 Å². The number of aromatic nitrogens is 3. The maximum Gasteiger partial charge on any atom is 0.317 e. The second-order valence-electron chi connectivity index (χ2n) is 8.37. The molecule has 150 valence electrons. The first-order valence-electron chi connectivity index (χ1n) is 10.3. The molecule has 1 atom stereocenters. The van der Waals surface area contributed by atoms with Crippen LogP contribution >= 0.6 is 0 Å². The molecule has 1 aromatic heterocycles. The molecule has 28 heavy (non-hydrogen) atoms. The van der Waals surface area contributed by atoms with Crippen molar-refractivity contribution in [1.82, 2.24) is 29.9 Å². The largest absolute Gasteiger partial charge is 0.338 e. The van der Waals surface area contributed by atoms with Crippen molar-refractivity contribution in [2.24, 2.45) is 11.8 Å². The zero-order valence-electron chi connectivity index (χ0n) is 16.8. The molecule has 2 aromatic rings. The van der Waals surface area contributed by atoms with Gasteiger partial charge in [-0.1, -0.05) is 44.2 Å². The zero-order chi connectivity index (χ0) is 19.5. The number of nitrogens with zero attached hydrogens (tertiary/aromatic N) is 5. The summed E-state index contributed by atoms with van der Waals surface area (Å²) in [6.45, 7) is 10.6. The third-order valence-corrected chi connectivity index (χ3v) is 5.61. The summed E-state index contributed by atoms with van der Waals surface area (Å²) < 4.78 is 2.12. The van der Waals surface area contributed by atoms with E-state index in [9.17, 15) is 4.79 Å². The van der Waals surface area contributed by atoms with Gasteiger partial charge in [-0.2, -0.15) is 0 Å². The maximum absolute atomic E-state index is 12.6. The summed E-state index contributed by atoms with van der Waals surface area (Å²) in [4.78, 5) is 17.0. The molecule has 2 amide bonds. The second kappa shape index (κ2) is 8.31. The van der Waals surface area contributed by atoms with Gasteiger partial charge in [0.2, 0.25) is 0 Å². The molecule has 0 aliphatic carbocycles. The third-order valence-electron chi connectivity index (χ3n) is 5.61. The molecule has 2 aliphatic heterocycles. The molecule has 0 bridgehead atoms. The first-order valence-corrected chi connectivity index (χ1v) is 10.3. The Morgan fingerprint density at radius 1 is 1.18 bits per heavy atom. The van der Waals surface area contributed by atoms with Crippen LogP contribution in [0.3, 0.4) is 0 Å². The monoisotopic (exact) mass is 382 g/mol. The van der Waals surface area contributed by atoms with Gasteiger partial charge in [-0.15, -0.1) is 10.2 Å². The molecule has 1 N–H and O–H groups in total. The number of nitrogens with one attached hydrogen (secondary N) is 1. The van der Waals surface area contributed by atoms with Crippen molar-refractivity contribution in [1.29, 1.82) is 0 Å². The van der Waals surface area contributed by atoms with E-state index in [1.165, 1.54) is 6.42 Å². The summed E-state index contributed by atoms with van der Waals surface area (Å²) in [5, 5.41) is 11.8. The number of urea groups is 1. The maximum atomic E-state index is 12.6. The predicted octanol–water partition coefficient (Wildman–Crippen LogP) is 2.45. The van der Waals surface area contributed by atoms with Crippen LogP contribution in [-0.4, -0.2) is 63.3 Å². The first-order chi connectivity index (χ1) is 13.6. The highest BCUT2D eigenvalue weighted by Gasteiger charge is 2.27. The molecule has 0 radical (unpaired) electrons. The molecule has 3 heterocycles. The van der Waals surface area contributed by atoms with Gasteiger partial charge in [0, 0.05) is 38.3 Å². The molecule has 1 unspecified atom stereocenters. The fourth-order valence-electron chi connectivity index (χ4n) is 4.24. The molecule has 7 heteroatoms. The Morgan fingerprint density at radius 3 is 2.79 bits per heavy atom. The van der Waals surface area contributed by atoms with E-state index in [0.29, 0.717) is 24.9 Å². The lowest BCUT2D eigenvalue weighted by Gasteiger charge is -2.28. The van der Waals surface area contributed by atoms with E-state index in [0.717, 1.165) is 49.9 Å². The van der Waals surface area contributed by atoms with E-state index < -0.39 is 0 Å². The number of carbonyl (C=O) groups is 1. The summed E-state index contributed by atoms with van der Waals surface area (Å²) in [6.07, 6.45) is 1.17. The van der Waals surface area contributed by atoms with Crippen molar-refractivity contribution >= 4 is 6.03 Å². The number of carbonyl (C=O) groups excluding carboxylic acids is 1. The number of hydrogen-bond donors (Lipinski definition) is 1. The number of rotatable bonds is 5. The van der Waals surface area contributed by atoms with E-state index in [2.05, 4.69) is 38.8 Å². The molecular formula is C21H30N6O. The van der Waals surface area contributed by atoms with Gasteiger partial charge in [0.05, 0.1) is 6.54 Å². The van der Waals surface area contributed by atoms with Crippen LogP contribution in [0, 0.1) is 11.8 Å². The van der Waals surface area contributed by atoms with Crippen LogP contribution in [0.5, 0.6) is 0 Å². The normalized spacial score (nSPS) is 19.8. The van der Waals surface area contributed by atoms with Gasteiger partial charge in [0.25, 0.3) is 0 Å². The Balaban J connectivity index is 1.30. The van der Waals surface area contributed by atoms with E-state index in [1.807, 2.05) is 35.2 Å². The van der Waals surface area contributed by atoms with Crippen molar-refractivity contribution in [3.63, 3.8) is 0 Å². The third kappa shape index (κ3) is 4.19. The van der Waals surface area contributed by atoms with Gasteiger partial charge in [0.1, 0.15) is 0 Å². The van der Waals surface area contributed by atoms with E-state index in [-0.39, 0.29) is 6.03 Å². The summed E-state index contributed by atoms with van der Waals surface area (Å²) >= 11 is 0. The fraction of sp³-hybridized carbons (Fsp3) is 0.571. The lowest BCUT2D eigenvalue weighted by molar-refractivity contribution is 0.180. The van der Waals surface area contributed by atoms with E-state index in [4.69, 9.17) is 0 Å². The number of likely N-dealkylation sites (tertiary alicyclic amines) is 1. The van der Waals surface area contributed by atoms with E-state index >= 15 is 0 Å². The summed E-state index contributed by atoms with van der Waals surface area (Å²) in [6, 6.07) is 10.1. The van der Waals surface area contributed by atoms with Gasteiger partial charge >= 0.3 is 6.03 Å². The summed E-state index contributed by atoms with van der Waals surface area (Å²) in [5.41, 5.74) is 1.06. The fourth-order valence-corrected chi connectivity index (χ4v) is 4.24. The van der Waals surface area contributed by atoms with Crippen molar-refractivity contribution < 1.29 is 4.79 Å². The van der Waals surface area contributed by atoms with Crippen molar-refractivity contribution in [3.05, 3.63) is 36.2 Å².